The van der Waals surface area contributed by atoms with Gasteiger partial charge in [-0.1, -0.05) is 13.3 Å². The van der Waals surface area contributed by atoms with Crippen LogP contribution in [0.15, 0.2) is 0 Å². The third-order valence-corrected chi connectivity index (χ3v) is 5.30. The minimum Gasteiger partial charge on any atom is -0.748 e. The van der Waals surface area contributed by atoms with Crippen LogP contribution >= 0.6 is 0 Å². The van der Waals surface area contributed by atoms with Crippen molar-refractivity contribution in [1.29, 1.82) is 0 Å². The van der Waals surface area contributed by atoms with Gasteiger partial charge in [-0.3, -0.25) is 0 Å². The van der Waals surface area contributed by atoms with E-state index in [1.54, 1.807) is 0 Å². The molecule has 1 rings (SSSR count). The first kappa shape index (κ1) is 20.8. The molecule has 1 fully saturated rings. The van der Waals surface area contributed by atoms with Crippen LogP contribution in [0.2, 0.25) is 0 Å². The predicted octanol–water partition coefficient (Wildman–Crippen LogP) is 1.76. The lowest BCUT2D eigenvalue weighted by molar-refractivity contribution is -0.932. The van der Waals surface area contributed by atoms with Crippen LogP contribution in [0.4, 0.5) is 0 Å². The predicted molar refractivity (Wildman–Crippen MR) is 89.3 cm³/mol. The topological polar surface area (TPSA) is 75.7 Å². The number of hydrogen-bond acceptors (Lipinski definition) is 5. The zero-order chi connectivity index (χ0) is 17.0. The molecule has 0 aromatic carbocycles. The summed E-state index contributed by atoms with van der Waals surface area (Å²) in [7, 11) is -4.10. The number of quaternary nitrogens is 1. The molecule has 0 radical (unpaired) electrons. The van der Waals surface area contributed by atoms with E-state index in [2.05, 4.69) is 6.92 Å². The first-order chi connectivity index (χ1) is 11.0. The molecule has 1 aliphatic rings. The zero-order valence-electron chi connectivity index (χ0n) is 14.5. The standard InChI is InChI=1S/C16H33NO5S/c1-2-3-12-21-14-15-22-13-11-17(8-5-4-6-9-17)10-7-16-23(18,19)20/h2-16H2,1H3. The summed E-state index contributed by atoms with van der Waals surface area (Å²) in [6.45, 7) is 8.63. The minimum atomic E-state index is -4.10. The summed E-state index contributed by atoms with van der Waals surface area (Å²) in [6, 6.07) is 0. The van der Waals surface area contributed by atoms with Gasteiger partial charge in [0, 0.05) is 18.8 Å². The second kappa shape index (κ2) is 11.4. The van der Waals surface area contributed by atoms with E-state index in [-0.39, 0.29) is 5.75 Å². The van der Waals surface area contributed by atoms with Crippen LogP contribution in [0.5, 0.6) is 0 Å². The van der Waals surface area contributed by atoms with Crippen LogP contribution in [0.1, 0.15) is 45.4 Å². The highest BCUT2D eigenvalue weighted by molar-refractivity contribution is 7.85. The monoisotopic (exact) mass is 351 g/mol. The molecule has 0 spiro atoms. The van der Waals surface area contributed by atoms with Gasteiger partial charge in [-0.15, -0.1) is 0 Å². The number of hydrogen-bond donors (Lipinski definition) is 0. The van der Waals surface area contributed by atoms with Crippen molar-refractivity contribution in [3.8, 4) is 0 Å². The van der Waals surface area contributed by atoms with Crippen molar-refractivity contribution in [2.45, 2.75) is 45.4 Å². The third kappa shape index (κ3) is 10.3. The maximum atomic E-state index is 10.8. The smallest absolute Gasteiger partial charge is 0.102 e. The van der Waals surface area contributed by atoms with Gasteiger partial charge >= 0.3 is 0 Å². The van der Waals surface area contributed by atoms with Gasteiger partial charge in [0.05, 0.1) is 49.6 Å². The first-order valence-corrected chi connectivity index (χ1v) is 10.5. The van der Waals surface area contributed by atoms with Gasteiger partial charge < -0.3 is 18.5 Å². The molecule has 0 aromatic rings. The van der Waals surface area contributed by atoms with Crippen LogP contribution in [-0.4, -0.2) is 75.8 Å². The Labute approximate surface area is 141 Å². The highest BCUT2D eigenvalue weighted by Gasteiger charge is 2.29. The van der Waals surface area contributed by atoms with E-state index >= 15 is 0 Å². The second-order valence-corrected chi connectivity index (χ2v) is 8.01. The van der Waals surface area contributed by atoms with Gasteiger partial charge in [-0.2, -0.15) is 0 Å². The molecule has 23 heavy (non-hydrogen) atoms. The summed E-state index contributed by atoms with van der Waals surface area (Å²) in [5, 5.41) is 0. The Bertz CT molecular complexity index is 393. The minimum absolute atomic E-state index is 0.251. The Morgan fingerprint density at radius 3 is 2.17 bits per heavy atom. The summed E-state index contributed by atoms with van der Waals surface area (Å²) in [5.41, 5.74) is 0. The fraction of sp³-hybridized carbons (Fsp3) is 1.00. The Balaban J connectivity index is 2.22. The Morgan fingerprint density at radius 1 is 0.913 bits per heavy atom. The molecule has 0 aromatic heterocycles. The molecule has 0 atom stereocenters. The number of ether oxygens (including phenoxy) is 2. The van der Waals surface area contributed by atoms with Crippen molar-refractivity contribution in [2.24, 2.45) is 0 Å². The van der Waals surface area contributed by atoms with E-state index in [0.29, 0.717) is 26.2 Å². The highest BCUT2D eigenvalue weighted by Crippen LogP contribution is 2.19. The van der Waals surface area contributed by atoms with E-state index in [1.807, 2.05) is 0 Å². The molecule has 1 aliphatic heterocycles. The Hall–Kier alpha value is -0.210. The highest BCUT2D eigenvalue weighted by atomic mass is 32.2. The summed E-state index contributed by atoms with van der Waals surface area (Å²) >= 11 is 0. The zero-order valence-corrected chi connectivity index (χ0v) is 15.3. The molecule has 0 saturated carbocycles. The average molecular weight is 352 g/mol. The van der Waals surface area contributed by atoms with Crippen LogP contribution in [-0.2, 0) is 19.6 Å². The number of nitrogens with zero attached hydrogens (tertiary/aromatic N) is 1. The molecule has 0 aliphatic carbocycles. The molecule has 6 nitrogen and oxygen atoms in total. The van der Waals surface area contributed by atoms with Crippen molar-refractivity contribution in [3.63, 3.8) is 0 Å². The molecule has 0 unspecified atom stereocenters. The van der Waals surface area contributed by atoms with Gasteiger partial charge in [0.1, 0.15) is 6.54 Å². The molecule has 7 heteroatoms. The maximum Gasteiger partial charge on any atom is 0.102 e. The fourth-order valence-electron chi connectivity index (χ4n) is 3.15. The van der Waals surface area contributed by atoms with Crippen LogP contribution in [0.25, 0.3) is 0 Å². The summed E-state index contributed by atoms with van der Waals surface area (Å²) < 4.78 is 44.4. The van der Waals surface area contributed by atoms with Crippen LogP contribution < -0.4 is 0 Å². The molecule has 0 N–H and O–H groups in total. The van der Waals surface area contributed by atoms with E-state index in [0.717, 1.165) is 50.1 Å². The largest absolute Gasteiger partial charge is 0.748 e. The molecule has 138 valence electrons. The van der Waals surface area contributed by atoms with Crippen LogP contribution in [0.3, 0.4) is 0 Å². The molecule has 1 saturated heterocycles. The quantitative estimate of drug-likeness (QED) is 0.287. The van der Waals surface area contributed by atoms with Crippen LogP contribution in [0, 0.1) is 0 Å². The average Bonchev–Trinajstić information content (AvgIpc) is 2.50. The lowest BCUT2D eigenvalue weighted by atomic mass is 10.1. The van der Waals surface area contributed by atoms with Gasteiger partial charge in [0.25, 0.3) is 0 Å². The maximum absolute atomic E-state index is 10.8. The number of unbranched alkanes of at least 4 members (excludes halogenated alkanes) is 1. The summed E-state index contributed by atoms with van der Waals surface area (Å²) in [4.78, 5) is 0. The number of piperidine rings is 1. The van der Waals surface area contributed by atoms with Crippen molar-refractivity contribution < 1.29 is 26.9 Å². The molecular formula is C16H33NO5S. The third-order valence-electron chi connectivity index (χ3n) is 4.52. The van der Waals surface area contributed by atoms with Gasteiger partial charge in [-0.05, 0) is 25.7 Å². The summed E-state index contributed by atoms with van der Waals surface area (Å²) in [6.07, 6.45) is 6.26. The lowest BCUT2D eigenvalue weighted by Gasteiger charge is -2.41. The van der Waals surface area contributed by atoms with Gasteiger partial charge in [0.15, 0.2) is 0 Å². The second-order valence-electron chi connectivity index (χ2n) is 6.49. The summed E-state index contributed by atoms with van der Waals surface area (Å²) in [5.74, 6) is -0.251. The SMILES string of the molecule is CCCCOCCOCC[N+]1(CCCS(=O)(=O)[O-])CCCCC1. The van der Waals surface area contributed by atoms with E-state index < -0.39 is 10.1 Å². The molecular weight excluding hydrogens is 318 g/mol. The molecule has 0 bridgehead atoms. The van der Waals surface area contributed by atoms with Crippen molar-refractivity contribution >= 4 is 10.1 Å². The van der Waals surface area contributed by atoms with E-state index in [9.17, 15) is 13.0 Å². The molecule has 0 amide bonds. The lowest BCUT2D eigenvalue weighted by Crippen LogP contribution is -2.54. The van der Waals surface area contributed by atoms with Crippen molar-refractivity contribution in [1.82, 2.24) is 0 Å². The fourth-order valence-corrected chi connectivity index (χ4v) is 3.63. The number of rotatable bonds is 13. The Morgan fingerprint density at radius 2 is 1.57 bits per heavy atom. The number of likely N-dealkylation sites (tertiary alicyclic amines) is 1. The Kier molecular flexibility index (Phi) is 10.3. The van der Waals surface area contributed by atoms with Gasteiger partial charge in [0.2, 0.25) is 0 Å². The molecule has 1 heterocycles. The van der Waals surface area contributed by atoms with Crippen molar-refractivity contribution in [2.75, 3.05) is 58.4 Å². The first-order valence-electron chi connectivity index (χ1n) is 8.92. The van der Waals surface area contributed by atoms with E-state index in [4.69, 9.17) is 9.47 Å². The van der Waals surface area contributed by atoms with E-state index in [1.165, 1.54) is 19.3 Å². The normalized spacial score (nSPS) is 18.2. The van der Waals surface area contributed by atoms with Gasteiger partial charge in [-0.25, -0.2) is 8.42 Å². The van der Waals surface area contributed by atoms with Crippen molar-refractivity contribution in [3.05, 3.63) is 0 Å².